The van der Waals surface area contributed by atoms with Crippen LogP contribution in [-0.4, -0.2) is 56.8 Å². The van der Waals surface area contributed by atoms with Gasteiger partial charge in [0, 0.05) is 17.9 Å². The first-order valence-corrected chi connectivity index (χ1v) is 13.9. The van der Waals surface area contributed by atoms with E-state index in [0.717, 1.165) is 0 Å². The Hall–Kier alpha value is -4.34. The van der Waals surface area contributed by atoms with E-state index in [1.165, 1.54) is 29.2 Å². The Morgan fingerprint density at radius 1 is 0.881 bits per heavy atom. The lowest BCUT2D eigenvalue weighted by Gasteiger charge is -2.32. The maximum atomic E-state index is 14.8. The number of aliphatic hydroxyl groups is 2. The summed E-state index contributed by atoms with van der Waals surface area (Å²) in [4.78, 5) is 41.5. The molecule has 0 fully saturated rings. The Bertz CT molecular complexity index is 1440. The van der Waals surface area contributed by atoms with Gasteiger partial charge in [-0.15, -0.1) is 0 Å². The number of nitrogens with zero attached hydrogens (tertiary/aromatic N) is 1. The largest absolute Gasteiger partial charge is 0.481 e. The number of amides is 2. The summed E-state index contributed by atoms with van der Waals surface area (Å²) in [6.45, 7) is 3.74. The van der Waals surface area contributed by atoms with Crippen LogP contribution in [0.3, 0.4) is 0 Å². The number of hydrogen-bond acceptors (Lipinski definition) is 5. The van der Waals surface area contributed by atoms with Gasteiger partial charge >= 0.3 is 5.97 Å². The van der Waals surface area contributed by atoms with E-state index in [1.807, 2.05) is 19.9 Å². The van der Waals surface area contributed by atoms with Crippen LogP contribution in [0.4, 0.5) is 10.1 Å². The van der Waals surface area contributed by atoms with E-state index in [-0.39, 0.29) is 30.9 Å². The van der Waals surface area contributed by atoms with E-state index < -0.39 is 47.6 Å². The Kier molecular flexibility index (Phi) is 9.55. The number of para-hydroxylation sites is 1. The molecule has 3 aromatic rings. The SMILES string of the molecule is CC(C)C1=C(C(=O)Nc2ccccc2)C(c2ccccc2)(c2ccc(F)cc2)C(=O)N1CC[C@@H](O)C[C@@H](O)CC(=O)O. The van der Waals surface area contributed by atoms with Gasteiger partial charge in [0.1, 0.15) is 11.2 Å². The van der Waals surface area contributed by atoms with E-state index >= 15 is 0 Å². The number of benzene rings is 3. The summed E-state index contributed by atoms with van der Waals surface area (Å²) in [6.07, 6.45) is -3.01. The van der Waals surface area contributed by atoms with Gasteiger partial charge in [-0.1, -0.05) is 74.5 Å². The van der Waals surface area contributed by atoms with Gasteiger partial charge in [-0.25, -0.2) is 4.39 Å². The molecular weight excluding hydrogens is 539 g/mol. The molecule has 9 heteroatoms. The Morgan fingerprint density at radius 2 is 1.45 bits per heavy atom. The summed E-state index contributed by atoms with van der Waals surface area (Å²) in [5.41, 5.74) is 0.507. The van der Waals surface area contributed by atoms with E-state index in [2.05, 4.69) is 5.32 Å². The highest BCUT2D eigenvalue weighted by Gasteiger charge is 2.57. The summed E-state index contributed by atoms with van der Waals surface area (Å²) in [7, 11) is 0. The predicted molar refractivity (Wildman–Crippen MR) is 156 cm³/mol. The van der Waals surface area contributed by atoms with Gasteiger partial charge in [-0.2, -0.15) is 0 Å². The second-order valence-electron chi connectivity index (χ2n) is 10.7. The van der Waals surface area contributed by atoms with Crippen molar-refractivity contribution < 1.29 is 34.1 Å². The molecule has 0 bridgehead atoms. The molecule has 1 aliphatic heterocycles. The molecule has 1 heterocycles. The number of rotatable bonds is 12. The minimum atomic E-state index is -1.62. The van der Waals surface area contributed by atoms with Crippen LogP contribution in [0.25, 0.3) is 0 Å². The number of nitrogens with one attached hydrogen (secondary N) is 1. The summed E-state index contributed by atoms with van der Waals surface area (Å²) in [5, 5.41) is 32.5. The minimum Gasteiger partial charge on any atom is -0.481 e. The Labute approximate surface area is 244 Å². The molecule has 4 rings (SSSR count). The molecule has 8 nitrogen and oxygen atoms in total. The zero-order valence-corrected chi connectivity index (χ0v) is 23.5. The van der Waals surface area contributed by atoms with Crippen molar-refractivity contribution in [2.75, 3.05) is 11.9 Å². The zero-order chi connectivity index (χ0) is 30.4. The molecule has 0 saturated carbocycles. The smallest absolute Gasteiger partial charge is 0.305 e. The second-order valence-corrected chi connectivity index (χ2v) is 10.7. The number of carbonyl (C=O) groups is 3. The van der Waals surface area contributed by atoms with Gasteiger partial charge in [0.2, 0.25) is 5.91 Å². The highest BCUT2D eigenvalue weighted by Crippen LogP contribution is 2.50. The van der Waals surface area contributed by atoms with Gasteiger partial charge in [0.15, 0.2) is 0 Å². The van der Waals surface area contributed by atoms with Crippen LogP contribution < -0.4 is 5.32 Å². The van der Waals surface area contributed by atoms with Crippen molar-refractivity contribution in [2.45, 2.75) is 50.7 Å². The molecule has 42 heavy (non-hydrogen) atoms. The van der Waals surface area contributed by atoms with Crippen LogP contribution in [0.2, 0.25) is 0 Å². The quantitative estimate of drug-likeness (QED) is 0.253. The number of aliphatic hydroxyl groups excluding tert-OH is 2. The standard InChI is InChI=1S/C33H35FN2O6/c1-21(2)30-29(31(41)35-25-11-7-4-8-12-25)33(22-9-5-3-6-10-22,23-13-15-24(34)16-14-23)32(42)36(30)18-17-26(37)19-27(38)20-28(39)40/h3-16,21,26-27,37-38H,17-20H2,1-2H3,(H,35,41)(H,39,40)/t26-,27-,33?/m1/s1. The van der Waals surface area contributed by atoms with Crippen LogP contribution in [0.15, 0.2) is 96.2 Å². The second kappa shape index (κ2) is 13.1. The fourth-order valence-electron chi connectivity index (χ4n) is 5.66. The Morgan fingerprint density at radius 3 is 2.02 bits per heavy atom. The van der Waals surface area contributed by atoms with Crippen LogP contribution in [-0.2, 0) is 19.8 Å². The number of allylic oxidation sites excluding steroid dienone is 1. The summed E-state index contributed by atoms with van der Waals surface area (Å²) in [5.74, 6) is -2.91. The number of halogens is 1. The molecule has 3 atom stereocenters. The third-order valence-electron chi connectivity index (χ3n) is 7.42. The van der Waals surface area contributed by atoms with Crippen molar-refractivity contribution in [3.63, 3.8) is 0 Å². The van der Waals surface area contributed by atoms with E-state index in [1.54, 1.807) is 54.6 Å². The van der Waals surface area contributed by atoms with E-state index in [0.29, 0.717) is 22.5 Å². The molecule has 2 amide bonds. The fraction of sp³-hybridized carbons (Fsp3) is 0.303. The van der Waals surface area contributed by atoms with Gasteiger partial charge in [-0.05, 0) is 54.2 Å². The molecule has 1 aliphatic rings. The van der Waals surface area contributed by atoms with Crippen molar-refractivity contribution in [3.05, 3.63) is 113 Å². The predicted octanol–water partition coefficient (Wildman–Crippen LogP) is 4.48. The summed E-state index contributed by atoms with van der Waals surface area (Å²) >= 11 is 0. The van der Waals surface area contributed by atoms with Gasteiger partial charge in [0.25, 0.3) is 5.91 Å². The minimum absolute atomic E-state index is 0.00516. The van der Waals surface area contributed by atoms with Crippen LogP contribution in [0.1, 0.15) is 44.2 Å². The number of carbonyl (C=O) groups excluding carboxylic acids is 2. The zero-order valence-electron chi connectivity index (χ0n) is 23.5. The molecule has 220 valence electrons. The van der Waals surface area contributed by atoms with Crippen molar-refractivity contribution in [1.82, 2.24) is 4.90 Å². The Balaban J connectivity index is 1.87. The van der Waals surface area contributed by atoms with Crippen molar-refractivity contribution in [2.24, 2.45) is 5.92 Å². The van der Waals surface area contributed by atoms with Crippen molar-refractivity contribution in [1.29, 1.82) is 0 Å². The molecule has 4 N–H and O–H groups in total. The topological polar surface area (TPSA) is 127 Å². The number of carboxylic acid groups (broad SMARTS) is 1. The average Bonchev–Trinajstić information content (AvgIpc) is 3.22. The van der Waals surface area contributed by atoms with Crippen LogP contribution in [0.5, 0.6) is 0 Å². The lowest BCUT2D eigenvalue weighted by atomic mass is 9.68. The first kappa shape index (κ1) is 30.6. The summed E-state index contributed by atoms with van der Waals surface area (Å²) < 4.78 is 14.1. The number of anilines is 1. The maximum absolute atomic E-state index is 14.8. The third kappa shape index (κ3) is 6.27. The van der Waals surface area contributed by atoms with Crippen molar-refractivity contribution >= 4 is 23.5 Å². The molecule has 0 aliphatic carbocycles. The first-order valence-electron chi connectivity index (χ1n) is 13.9. The maximum Gasteiger partial charge on any atom is 0.305 e. The van der Waals surface area contributed by atoms with Gasteiger partial charge < -0.3 is 25.5 Å². The van der Waals surface area contributed by atoms with Gasteiger partial charge in [-0.3, -0.25) is 14.4 Å². The van der Waals surface area contributed by atoms with E-state index in [4.69, 9.17) is 5.11 Å². The third-order valence-corrected chi connectivity index (χ3v) is 7.42. The lowest BCUT2D eigenvalue weighted by molar-refractivity contribution is -0.139. The highest BCUT2D eigenvalue weighted by molar-refractivity contribution is 6.16. The molecule has 0 saturated heterocycles. The molecular formula is C33H35FN2O6. The summed E-state index contributed by atoms with van der Waals surface area (Å²) in [6, 6.07) is 23.2. The molecule has 0 aromatic heterocycles. The highest BCUT2D eigenvalue weighted by atomic mass is 19.1. The fourth-order valence-corrected chi connectivity index (χ4v) is 5.66. The molecule has 1 unspecified atom stereocenters. The van der Waals surface area contributed by atoms with E-state index in [9.17, 15) is 29.0 Å². The monoisotopic (exact) mass is 574 g/mol. The first-order chi connectivity index (χ1) is 20.0. The molecule has 0 spiro atoms. The normalized spacial score (nSPS) is 18.3. The van der Waals surface area contributed by atoms with Crippen LogP contribution >= 0.6 is 0 Å². The molecule has 3 aromatic carbocycles. The van der Waals surface area contributed by atoms with Gasteiger partial charge in [0.05, 0.1) is 24.2 Å². The number of aliphatic carboxylic acids is 1. The average molecular weight is 575 g/mol. The van der Waals surface area contributed by atoms with Crippen molar-refractivity contribution in [3.8, 4) is 0 Å². The van der Waals surface area contributed by atoms with Crippen LogP contribution in [0, 0.1) is 11.7 Å². The lowest BCUT2D eigenvalue weighted by Crippen LogP contribution is -2.44. The number of hydrogen-bond donors (Lipinski definition) is 4. The number of carboxylic acids is 1. The molecule has 0 radical (unpaired) electrons.